The fourth-order valence-corrected chi connectivity index (χ4v) is 3.60. The Morgan fingerprint density at radius 2 is 1.93 bits per heavy atom. The van der Waals surface area contributed by atoms with Gasteiger partial charge in [0.15, 0.2) is 22.5 Å². The Labute approximate surface area is 171 Å². The van der Waals surface area contributed by atoms with Gasteiger partial charge in [0.25, 0.3) is 0 Å². The van der Waals surface area contributed by atoms with Crippen LogP contribution in [0.1, 0.15) is 17.3 Å². The number of nitrogens with zero attached hydrogens (tertiary/aromatic N) is 3. The third-order valence-electron chi connectivity index (χ3n) is 4.37. The lowest BCUT2D eigenvalue weighted by Gasteiger charge is -2.06. The minimum Gasteiger partial charge on any atom is -0.453 e. The Hall–Kier alpha value is -3.39. The van der Waals surface area contributed by atoms with E-state index < -0.39 is 0 Å². The van der Waals surface area contributed by atoms with E-state index in [1.807, 2.05) is 37.4 Å². The van der Waals surface area contributed by atoms with Crippen LogP contribution in [0.2, 0.25) is 0 Å². The van der Waals surface area contributed by atoms with Crippen molar-refractivity contribution in [3.63, 3.8) is 0 Å². The van der Waals surface area contributed by atoms with Gasteiger partial charge in [-0.1, -0.05) is 42.1 Å². The predicted molar refractivity (Wildman–Crippen MR) is 112 cm³/mol. The maximum Gasteiger partial charge on any atom is 0.234 e. The minimum absolute atomic E-state index is 0.0484. The molecule has 0 fully saturated rings. The van der Waals surface area contributed by atoms with Crippen LogP contribution in [0, 0.1) is 0 Å². The van der Waals surface area contributed by atoms with Gasteiger partial charge in [0.2, 0.25) is 5.91 Å². The minimum atomic E-state index is -0.191. The summed E-state index contributed by atoms with van der Waals surface area (Å²) < 4.78 is 7.64. The monoisotopic (exact) mass is 406 g/mol. The molecule has 0 unspecified atom stereocenters. The van der Waals surface area contributed by atoms with E-state index in [0.717, 1.165) is 11.0 Å². The molecule has 0 saturated heterocycles. The second-order valence-corrected chi connectivity index (χ2v) is 7.43. The Balaban J connectivity index is 1.43. The Morgan fingerprint density at radius 1 is 1.10 bits per heavy atom. The highest BCUT2D eigenvalue weighted by molar-refractivity contribution is 7.99. The average molecular weight is 406 g/mol. The van der Waals surface area contributed by atoms with Crippen molar-refractivity contribution in [1.82, 2.24) is 14.8 Å². The van der Waals surface area contributed by atoms with Gasteiger partial charge in [-0.2, -0.15) is 0 Å². The molecule has 4 rings (SSSR count). The molecule has 2 aromatic carbocycles. The number of aromatic nitrogens is 3. The Bertz CT molecular complexity index is 1180. The van der Waals surface area contributed by atoms with Crippen LogP contribution in [0.25, 0.3) is 22.6 Å². The van der Waals surface area contributed by atoms with Gasteiger partial charge in [-0.3, -0.25) is 9.59 Å². The van der Waals surface area contributed by atoms with E-state index in [1.54, 1.807) is 28.8 Å². The number of carbonyl (C=O) groups is 2. The van der Waals surface area contributed by atoms with E-state index in [1.165, 1.54) is 18.7 Å². The smallest absolute Gasteiger partial charge is 0.234 e. The molecule has 0 aliphatic rings. The number of furan rings is 1. The van der Waals surface area contributed by atoms with Crippen LogP contribution in [-0.4, -0.2) is 32.2 Å². The number of carbonyl (C=O) groups excluding carboxylic acids is 2. The summed E-state index contributed by atoms with van der Waals surface area (Å²) in [7, 11) is 1.83. The summed E-state index contributed by atoms with van der Waals surface area (Å²) in [6.07, 6.45) is 0. The summed E-state index contributed by atoms with van der Waals surface area (Å²) in [5, 5.41) is 12.8. The summed E-state index contributed by atoms with van der Waals surface area (Å²) in [5.41, 5.74) is 1.93. The molecule has 1 N–H and O–H groups in total. The quantitative estimate of drug-likeness (QED) is 0.382. The van der Waals surface area contributed by atoms with E-state index in [2.05, 4.69) is 15.5 Å². The molecule has 4 aromatic rings. The number of amides is 1. The lowest BCUT2D eigenvalue weighted by atomic mass is 10.1. The molecule has 0 saturated carbocycles. The number of benzene rings is 2. The van der Waals surface area contributed by atoms with Gasteiger partial charge in [-0.05, 0) is 31.2 Å². The van der Waals surface area contributed by atoms with E-state index in [0.29, 0.717) is 28.0 Å². The molecule has 0 radical (unpaired) electrons. The van der Waals surface area contributed by atoms with Crippen molar-refractivity contribution < 1.29 is 14.0 Å². The van der Waals surface area contributed by atoms with E-state index >= 15 is 0 Å². The van der Waals surface area contributed by atoms with Crippen molar-refractivity contribution in [2.45, 2.75) is 12.1 Å². The number of nitrogens with one attached hydrogen (secondary N) is 1. The van der Waals surface area contributed by atoms with Crippen molar-refractivity contribution in [3.8, 4) is 11.6 Å². The van der Waals surface area contributed by atoms with Crippen molar-refractivity contribution in [3.05, 3.63) is 60.2 Å². The van der Waals surface area contributed by atoms with E-state index in [4.69, 9.17) is 4.42 Å². The van der Waals surface area contributed by atoms with Crippen molar-refractivity contribution in [2.75, 3.05) is 11.1 Å². The topological polar surface area (TPSA) is 90.0 Å². The molecule has 0 aliphatic heterocycles. The lowest BCUT2D eigenvalue weighted by molar-refractivity contribution is -0.113. The number of anilines is 1. The van der Waals surface area contributed by atoms with Crippen LogP contribution in [-0.2, 0) is 11.8 Å². The Morgan fingerprint density at radius 3 is 2.72 bits per heavy atom. The molecule has 146 valence electrons. The number of fused-ring (bicyclic) bond motifs is 1. The van der Waals surface area contributed by atoms with E-state index in [9.17, 15) is 9.59 Å². The SMILES string of the molecule is CC(=O)c1cccc(NC(=O)CSc2nnc(-c3cc4ccccc4o3)n2C)c1. The zero-order valence-corrected chi connectivity index (χ0v) is 16.7. The van der Waals surface area contributed by atoms with Crippen molar-refractivity contribution in [1.29, 1.82) is 0 Å². The summed E-state index contributed by atoms with van der Waals surface area (Å²) in [5.74, 6) is 1.14. The second kappa shape index (κ2) is 7.92. The lowest BCUT2D eigenvalue weighted by Crippen LogP contribution is -2.14. The maximum absolute atomic E-state index is 12.3. The van der Waals surface area contributed by atoms with E-state index in [-0.39, 0.29) is 17.4 Å². The molecular weight excluding hydrogens is 388 g/mol. The second-order valence-electron chi connectivity index (χ2n) is 6.49. The summed E-state index contributed by atoms with van der Waals surface area (Å²) >= 11 is 1.28. The molecule has 2 aromatic heterocycles. The third kappa shape index (κ3) is 4.07. The molecule has 2 heterocycles. The summed E-state index contributed by atoms with van der Waals surface area (Å²) in [4.78, 5) is 23.7. The van der Waals surface area contributed by atoms with Crippen LogP contribution in [0.5, 0.6) is 0 Å². The number of hydrogen-bond acceptors (Lipinski definition) is 6. The van der Waals surface area contributed by atoms with Gasteiger partial charge >= 0.3 is 0 Å². The highest BCUT2D eigenvalue weighted by Crippen LogP contribution is 2.28. The highest BCUT2D eigenvalue weighted by Gasteiger charge is 2.16. The molecule has 7 nitrogen and oxygen atoms in total. The van der Waals surface area contributed by atoms with Gasteiger partial charge < -0.3 is 14.3 Å². The van der Waals surface area contributed by atoms with Crippen LogP contribution in [0.4, 0.5) is 5.69 Å². The molecule has 29 heavy (non-hydrogen) atoms. The first-order valence-electron chi connectivity index (χ1n) is 8.93. The van der Waals surface area contributed by atoms with Crippen molar-refractivity contribution in [2.24, 2.45) is 7.05 Å². The first-order valence-corrected chi connectivity index (χ1v) is 9.92. The fraction of sp³-hybridized carbons (Fsp3) is 0.143. The highest BCUT2D eigenvalue weighted by atomic mass is 32.2. The first kappa shape index (κ1) is 18.9. The number of ketones is 1. The predicted octanol–water partition coefficient (Wildman–Crippen LogP) is 4.16. The van der Waals surface area contributed by atoms with Gasteiger partial charge in [-0.15, -0.1) is 10.2 Å². The van der Waals surface area contributed by atoms with Gasteiger partial charge in [-0.25, -0.2) is 0 Å². The number of hydrogen-bond donors (Lipinski definition) is 1. The van der Waals surface area contributed by atoms with Crippen LogP contribution in [0.15, 0.2) is 64.2 Å². The molecule has 1 amide bonds. The molecule has 0 spiro atoms. The number of rotatable bonds is 6. The zero-order valence-electron chi connectivity index (χ0n) is 15.9. The molecule has 0 atom stereocenters. The molecular formula is C21H18N4O3S. The first-order chi connectivity index (χ1) is 14.0. The largest absolute Gasteiger partial charge is 0.453 e. The zero-order chi connectivity index (χ0) is 20.4. The van der Waals surface area contributed by atoms with Gasteiger partial charge in [0.05, 0.1) is 5.75 Å². The normalized spacial score (nSPS) is 11.0. The van der Waals surface area contributed by atoms with Gasteiger partial charge in [0.1, 0.15) is 5.58 Å². The fourth-order valence-electron chi connectivity index (χ4n) is 2.89. The van der Waals surface area contributed by atoms with Crippen molar-refractivity contribution >= 4 is 40.1 Å². The Kier molecular flexibility index (Phi) is 5.18. The third-order valence-corrected chi connectivity index (χ3v) is 5.39. The average Bonchev–Trinajstić information content (AvgIpc) is 3.29. The molecule has 8 heteroatoms. The maximum atomic E-state index is 12.3. The number of thioether (sulfide) groups is 1. The number of Topliss-reactive ketones (excluding diaryl/α,β-unsaturated/α-hetero) is 1. The molecule has 0 bridgehead atoms. The van der Waals surface area contributed by atoms with Crippen LogP contribution < -0.4 is 5.32 Å². The summed E-state index contributed by atoms with van der Waals surface area (Å²) in [6, 6.07) is 16.5. The standard InChI is InChI=1S/C21H18N4O3S/c1-13(26)14-7-5-8-16(10-14)22-19(27)12-29-21-24-23-20(25(21)2)18-11-15-6-3-4-9-17(15)28-18/h3-11H,12H2,1-2H3,(H,22,27). The molecule has 0 aliphatic carbocycles. The van der Waals surface area contributed by atoms with Crippen LogP contribution in [0.3, 0.4) is 0 Å². The summed E-state index contributed by atoms with van der Waals surface area (Å²) in [6.45, 7) is 1.49. The van der Waals surface area contributed by atoms with Gasteiger partial charge in [0, 0.05) is 23.7 Å². The van der Waals surface area contributed by atoms with Crippen LogP contribution >= 0.6 is 11.8 Å². The number of para-hydroxylation sites is 1.